The molecule has 0 aliphatic heterocycles. The molecule has 108 valence electrons. The predicted octanol–water partition coefficient (Wildman–Crippen LogP) is 4.26. The lowest BCUT2D eigenvalue weighted by Gasteiger charge is -2.62. The number of rotatable bonds is 2. The maximum absolute atomic E-state index is 11.5. The molecule has 0 unspecified atom stereocenters. The normalized spacial score (nSPS) is 34.2. The first-order valence-corrected chi connectivity index (χ1v) is 7.63. The Morgan fingerprint density at radius 3 is 2.35 bits per heavy atom. The summed E-state index contributed by atoms with van der Waals surface area (Å²) in [5.74, 6) is 2.86. The van der Waals surface area contributed by atoms with Gasteiger partial charge in [-0.3, -0.25) is 0 Å². The number of carbonyl (C=O) groups is 1. The maximum Gasteiger partial charge on any atom is 0.337 e. The van der Waals surface area contributed by atoms with E-state index in [4.69, 9.17) is 4.74 Å². The van der Waals surface area contributed by atoms with Gasteiger partial charge in [0.2, 0.25) is 0 Å². The molecular formula is C18H24O2. The van der Waals surface area contributed by atoms with Gasteiger partial charge in [0.15, 0.2) is 0 Å². The van der Waals surface area contributed by atoms with Gasteiger partial charge in [0, 0.05) is 0 Å². The number of hydrogen-bond acceptors (Lipinski definition) is 2. The van der Waals surface area contributed by atoms with Crippen molar-refractivity contribution >= 4 is 5.97 Å². The summed E-state index contributed by atoms with van der Waals surface area (Å²) < 4.78 is 4.76. The topological polar surface area (TPSA) is 26.3 Å². The van der Waals surface area contributed by atoms with E-state index in [1.54, 1.807) is 0 Å². The average molecular weight is 272 g/mol. The maximum atomic E-state index is 11.5. The van der Waals surface area contributed by atoms with Gasteiger partial charge >= 0.3 is 5.97 Å². The molecule has 3 aliphatic rings. The summed E-state index contributed by atoms with van der Waals surface area (Å²) in [7, 11) is 1.43. The molecule has 0 heterocycles. The zero-order valence-corrected chi connectivity index (χ0v) is 12.8. The summed E-state index contributed by atoms with van der Waals surface area (Å²) in [6, 6.07) is 8.04. The first-order chi connectivity index (χ1) is 9.45. The first-order valence-electron chi connectivity index (χ1n) is 7.63. The molecule has 2 heteroatoms. The number of esters is 1. The van der Waals surface area contributed by atoms with Gasteiger partial charge < -0.3 is 4.74 Å². The van der Waals surface area contributed by atoms with Crippen molar-refractivity contribution in [2.24, 2.45) is 23.2 Å². The van der Waals surface area contributed by atoms with Gasteiger partial charge in [-0.15, -0.1) is 0 Å². The standard InChI is InChI=1S/C18H24O2/c1-11-15(9-14-10-16(11)18(14,2)3)12-5-7-13(8-6-12)17(19)20-4/h5-8,11,14-16H,9-10H2,1-4H3/t11-,14+,15+,16+/m0/s1. The lowest BCUT2D eigenvalue weighted by Crippen LogP contribution is -2.54. The molecule has 4 rings (SSSR count). The van der Waals surface area contributed by atoms with Gasteiger partial charge in [0.1, 0.15) is 0 Å². The van der Waals surface area contributed by atoms with E-state index < -0.39 is 0 Å². The summed E-state index contributed by atoms with van der Waals surface area (Å²) in [5.41, 5.74) is 2.56. The highest BCUT2D eigenvalue weighted by atomic mass is 16.5. The van der Waals surface area contributed by atoms with Gasteiger partial charge in [0.05, 0.1) is 12.7 Å². The van der Waals surface area contributed by atoms with Crippen LogP contribution in [0.15, 0.2) is 24.3 Å². The highest BCUT2D eigenvalue weighted by Gasteiger charge is 2.56. The molecule has 2 nitrogen and oxygen atoms in total. The number of hydrogen-bond donors (Lipinski definition) is 0. The van der Waals surface area contributed by atoms with Crippen molar-refractivity contribution in [1.82, 2.24) is 0 Å². The molecule has 3 aliphatic carbocycles. The number of fused-ring (bicyclic) bond motifs is 2. The van der Waals surface area contributed by atoms with Crippen molar-refractivity contribution < 1.29 is 9.53 Å². The van der Waals surface area contributed by atoms with Crippen molar-refractivity contribution in [1.29, 1.82) is 0 Å². The molecule has 3 fully saturated rings. The highest BCUT2D eigenvalue weighted by molar-refractivity contribution is 5.89. The fourth-order valence-corrected chi connectivity index (χ4v) is 4.57. The summed E-state index contributed by atoms with van der Waals surface area (Å²) >= 11 is 0. The van der Waals surface area contributed by atoms with Crippen LogP contribution in [-0.2, 0) is 4.74 Å². The van der Waals surface area contributed by atoms with Crippen molar-refractivity contribution in [3.63, 3.8) is 0 Å². The van der Waals surface area contributed by atoms with Crippen molar-refractivity contribution in [2.75, 3.05) is 7.11 Å². The van der Waals surface area contributed by atoms with Crippen LogP contribution in [0.4, 0.5) is 0 Å². The van der Waals surface area contributed by atoms with Crippen LogP contribution < -0.4 is 0 Å². The zero-order chi connectivity index (χ0) is 14.5. The molecule has 0 spiro atoms. The van der Waals surface area contributed by atoms with Crippen LogP contribution in [0, 0.1) is 23.2 Å². The van der Waals surface area contributed by atoms with Crippen LogP contribution in [0.1, 0.15) is 55.5 Å². The van der Waals surface area contributed by atoms with Crippen LogP contribution in [0.2, 0.25) is 0 Å². The minimum Gasteiger partial charge on any atom is -0.465 e. The monoisotopic (exact) mass is 272 g/mol. The fourth-order valence-electron chi connectivity index (χ4n) is 4.57. The second-order valence-corrected chi connectivity index (χ2v) is 7.18. The summed E-state index contributed by atoms with van der Waals surface area (Å²) in [6.07, 6.45) is 2.70. The molecule has 20 heavy (non-hydrogen) atoms. The van der Waals surface area contributed by atoms with E-state index in [0.717, 1.165) is 17.8 Å². The predicted molar refractivity (Wildman–Crippen MR) is 79.7 cm³/mol. The lowest BCUT2D eigenvalue weighted by molar-refractivity contribution is -0.110. The Kier molecular flexibility index (Phi) is 3.15. The summed E-state index contributed by atoms with van der Waals surface area (Å²) in [6.45, 7) is 7.26. The Hall–Kier alpha value is -1.31. The number of carbonyl (C=O) groups excluding carboxylic acids is 1. The van der Waals surface area contributed by atoms with Crippen molar-refractivity contribution in [2.45, 2.75) is 39.5 Å². The quantitative estimate of drug-likeness (QED) is 0.752. The molecule has 0 saturated heterocycles. The van der Waals surface area contributed by atoms with Gasteiger partial charge in [0.25, 0.3) is 0 Å². The Balaban J connectivity index is 1.79. The molecule has 0 amide bonds. The van der Waals surface area contributed by atoms with E-state index in [2.05, 4.69) is 32.9 Å². The van der Waals surface area contributed by atoms with Gasteiger partial charge in [-0.1, -0.05) is 32.9 Å². The summed E-state index contributed by atoms with van der Waals surface area (Å²) in [4.78, 5) is 11.5. The minimum atomic E-state index is -0.253. The van der Waals surface area contributed by atoms with Gasteiger partial charge in [-0.05, 0) is 59.6 Å². The fraction of sp³-hybridized carbons (Fsp3) is 0.611. The third-order valence-corrected chi connectivity index (χ3v) is 6.11. The van der Waals surface area contributed by atoms with E-state index in [1.165, 1.54) is 25.5 Å². The molecule has 0 N–H and O–H groups in total. The first kappa shape index (κ1) is 13.7. The molecule has 3 saturated carbocycles. The van der Waals surface area contributed by atoms with Gasteiger partial charge in [-0.2, -0.15) is 0 Å². The van der Waals surface area contributed by atoms with E-state index in [9.17, 15) is 4.79 Å². The van der Waals surface area contributed by atoms with Crippen LogP contribution in [0.25, 0.3) is 0 Å². The van der Waals surface area contributed by atoms with E-state index in [1.807, 2.05) is 12.1 Å². The summed E-state index contributed by atoms with van der Waals surface area (Å²) in [5, 5.41) is 0. The number of methoxy groups -OCH3 is 1. The zero-order valence-electron chi connectivity index (χ0n) is 12.8. The largest absolute Gasteiger partial charge is 0.465 e. The Bertz CT molecular complexity index is 515. The number of benzene rings is 1. The molecule has 4 atom stereocenters. The second kappa shape index (κ2) is 4.61. The second-order valence-electron chi connectivity index (χ2n) is 7.18. The third kappa shape index (κ3) is 1.88. The Morgan fingerprint density at radius 2 is 1.85 bits per heavy atom. The highest BCUT2D eigenvalue weighted by Crippen LogP contribution is 2.64. The average Bonchev–Trinajstić information content (AvgIpc) is 2.46. The Labute approximate surface area is 121 Å². The SMILES string of the molecule is COC(=O)c1ccc([C@@H]2C[C@@H]3C[C@H]([C@H]2C)C3(C)C)cc1. The molecule has 1 aromatic carbocycles. The minimum absolute atomic E-state index is 0.253. The molecule has 0 aromatic heterocycles. The van der Waals surface area contributed by atoms with Crippen molar-refractivity contribution in [3.8, 4) is 0 Å². The molecular weight excluding hydrogens is 248 g/mol. The lowest BCUT2D eigenvalue weighted by atomic mass is 9.43. The van der Waals surface area contributed by atoms with E-state index in [-0.39, 0.29) is 5.97 Å². The Morgan fingerprint density at radius 1 is 1.20 bits per heavy atom. The smallest absolute Gasteiger partial charge is 0.337 e. The van der Waals surface area contributed by atoms with E-state index >= 15 is 0 Å². The molecule has 0 radical (unpaired) electrons. The van der Waals surface area contributed by atoms with Crippen LogP contribution >= 0.6 is 0 Å². The van der Waals surface area contributed by atoms with Crippen LogP contribution in [-0.4, -0.2) is 13.1 Å². The van der Waals surface area contributed by atoms with Gasteiger partial charge in [-0.25, -0.2) is 4.79 Å². The molecule has 2 bridgehead atoms. The third-order valence-electron chi connectivity index (χ3n) is 6.11. The van der Waals surface area contributed by atoms with E-state index in [0.29, 0.717) is 16.9 Å². The van der Waals surface area contributed by atoms with Crippen LogP contribution in [0.3, 0.4) is 0 Å². The molecule has 1 aromatic rings. The van der Waals surface area contributed by atoms with Crippen molar-refractivity contribution in [3.05, 3.63) is 35.4 Å². The van der Waals surface area contributed by atoms with Crippen LogP contribution in [0.5, 0.6) is 0 Å². The number of ether oxygens (including phenoxy) is 1.